The van der Waals surface area contributed by atoms with Crippen LogP contribution in [0.3, 0.4) is 0 Å². The largest absolute Gasteiger partial charge is 0.341 e. The van der Waals surface area contributed by atoms with E-state index in [4.69, 9.17) is 11.6 Å². The lowest BCUT2D eigenvalue weighted by molar-refractivity contribution is 0.841. The van der Waals surface area contributed by atoms with Crippen LogP contribution in [-0.4, -0.2) is 32.8 Å². The Kier molecular flexibility index (Phi) is 4.90. The van der Waals surface area contributed by atoms with Gasteiger partial charge in [-0.05, 0) is 43.2 Å². The molecule has 0 N–H and O–H groups in total. The first kappa shape index (κ1) is 16.4. The normalized spacial score (nSPS) is 14.2. The van der Waals surface area contributed by atoms with Crippen molar-refractivity contribution < 1.29 is 0 Å². The van der Waals surface area contributed by atoms with E-state index in [9.17, 15) is 0 Å². The second kappa shape index (κ2) is 7.45. The van der Waals surface area contributed by atoms with Gasteiger partial charge in [-0.1, -0.05) is 35.5 Å². The molecule has 0 aliphatic carbocycles. The fourth-order valence-corrected chi connectivity index (χ4v) is 3.99. The van der Waals surface area contributed by atoms with Gasteiger partial charge < -0.3 is 4.90 Å². The van der Waals surface area contributed by atoms with Crippen molar-refractivity contribution in [3.05, 3.63) is 59.4 Å². The monoisotopic (exact) mass is 371 g/mol. The van der Waals surface area contributed by atoms with E-state index in [0.29, 0.717) is 5.02 Å². The number of anilines is 1. The zero-order valence-electron chi connectivity index (χ0n) is 13.7. The Morgan fingerprint density at radius 2 is 1.92 bits per heavy atom. The highest BCUT2D eigenvalue weighted by atomic mass is 35.5. The molecule has 0 bridgehead atoms. The fraction of sp³-hybridized carbons (Fsp3) is 0.278. The van der Waals surface area contributed by atoms with Crippen molar-refractivity contribution in [1.29, 1.82) is 0 Å². The Morgan fingerprint density at radius 3 is 2.68 bits per heavy atom. The molecule has 1 aromatic carbocycles. The summed E-state index contributed by atoms with van der Waals surface area (Å²) >= 11 is 7.85. The van der Waals surface area contributed by atoms with E-state index in [1.54, 1.807) is 11.8 Å². The van der Waals surface area contributed by atoms with E-state index in [0.717, 1.165) is 41.3 Å². The van der Waals surface area contributed by atoms with Crippen LogP contribution in [0.5, 0.6) is 0 Å². The Hall–Kier alpha value is -2.05. The second-order valence-corrected chi connectivity index (χ2v) is 7.28. The number of nitrogens with zero attached hydrogens (tertiary/aromatic N) is 5. The lowest BCUT2D eigenvalue weighted by atomic mass is 10.3. The molecule has 0 amide bonds. The number of pyridine rings is 1. The maximum absolute atomic E-state index is 6.21. The number of thioether (sulfide) groups is 1. The van der Waals surface area contributed by atoms with Crippen molar-refractivity contribution >= 4 is 29.3 Å². The molecule has 1 saturated heterocycles. The third kappa shape index (κ3) is 3.65. The summed E-state index contributed by atoms with van der Waals surface area (Å²) < 4.78 is 2.10. The van der Waals surface area contributed by atoms with Gasteiger partial charge in [0.05, 0.1) is 11.4 Å². The predicted molar refractivity (Wildman–Crippen MR) is 102 cm³/mol. The third-order valence-corrected chi connectivity index (χ3v) is 5.34. The summed E-state index contributed by atoms with van der Waals surface area (Å²) in [5.74, 6) is 1.64. The zero-order valence-corrected chi connectivity index (χ0v) is 15.2. The molecule has 0 radical (unpaired) electrons. The van der Waals surface area contributed by atoms with Crippen molar-refractivity contribution in [2.75, 3.05) is 18.0 Å². The Morgan fingerprint density at radius 1 is 1.04 bits per heavy atom. The second-order valence-electron chi connectivity index (χ2n) is 5.90. The standard InChI is InChI=1S/C18H18ClN5S/c19-14-6-5-8-16(12-14)24-17(23-10-3-4-11-23)21-22-18(24)25-13-15-7-1-2-9-20-15/h1-2,5-9,12H,3-4,10-11,13H2. The lowest BCUT2D eigenvalue weighted by Crippen LogP contribution is -2.22. The van der Waals surface area contributed by atoms with Gasteiger partial charge in [0, 0.05) is 30.1 Å². The minimum Gasteiger partial charge on any atom is -0.341 e. The maximum atomic E-state index is 6.21. The molecule has 0 saturated carbocycles. The lowest BCUT2D eigenvalue weighted by Gasteiger charge is -2.18. The van der Waals surface area contributed by atoms with Crippen LogP contribution >= 0.6 is 23.4 Å². The molecule has 0 atom stereocenters. The van der Waals surface area contributed by atoms with Crippen molar-refractivity contribution in [2.24, 2.45) is 0 Å². The van der Waals surface area contributed by atoms with Gasteiger partial charge in [-0.2, -0.15) is 0 Å². The highest BCUT2D eigenvalue weighted by molar-refractivity contribution is 7.98. The van der Waals surface area contributed by atoms with Crippen LogP contribution in [0.2, 0.25) is 5.02 Å². The SMILES string of the molecule is Clc1cccc(-n2c(SCc3ccccn3)nnc2N2CCCC2)c1. The molecule has 7 heteroatoms. The highest BCUT2D eigenvalue weighted by Crippen LogP contribution is 2.30. The van der Waals surface area contributed by atoms with E-state index >= 15 is 0 Å². The van der Waals surface area contributed by atoms with Crippen molar-refractivity contribution in [3.63, 3.8) is 0 Å². The molecule has 4 rings (SSSR count). The Balaban J connectivity index is 1.68. The van der Waals surface area contributed by atoms with E-state index in [2.05, 4.69) is 24.6 Å². The average molecular weight is 372 g/mol. The zero-order chi connectivity index (χ0) is 17.1. The van der Waals surface area contributed by atoms with Crippen molar-refractivity contribution in [2.45, 2.75) is 23.8 Å². The summed E-state index contributed by atoms with van der Waals surface area (Å²) in [7, 11) is 0. The number of hydrogen-bond acceptors (Lipinski definition) is 5. The molecular formula is C18H18ClN5S. The van der Waals surface area contributed by atoms with Gasteiger partial charge in [-0.3, -0.25) is 9.55 Å². The van der Waals surface area contributed by atoms with E-state index in [1.807, 2.05) is 48.7 Å². The van der Waals surface area contributed by atoms with Crippen LogP contribution in [0.15, 0.2) is 53.8 Å². The Bertz CT molecular complexity index is 846. The van der Waals surface area contributed by atoms with E-state index < -0.39 is 0 Å². The smallest absolute Gasteiger partial charge is 0.232 e. The van der Waals surface area contributed by atoms with Gasteiger partial charge >= 0.3 is 0 Å². The predicted octanol–water partition coefficient (Wildman–Crippen LogP) is 4.21. The van der Waals surface area contributed by atoms with Gasteiger partial charge in [-0.25, -0.2) is 0 Å². The Labute approximate surface area is 156 Å². The van der Waals surface area contributed by atoms with Crippen molar-refractivity contribution in [1.82, 2.24) is 19.7 Å². The van der Waals surface area contributed by atoms with Gasteiger partial charge in [-0.15, -0.1) is 10.2 Å². The molecule has 1 fully saturated rings. The van der Waals surface area contributed by atoms with Gasteiger partial charge in [0.1, 0.15) is 0 Å². The third-order valence-electron chi connectivity index (χ3n) is 4.15. The molecule has 0 spiro atoms. The number of hydrogen-bond donors (Lipinski definition) is 0. The summed E-state index contributed by atoms with van der Waals surface area (Å²) in [5, 5.41) is 10.5. The average Bonchev–Trinajstić information content (AvgIpc) is 3.30. The van der Waals surface area contributed by atoms with E-state index in [1.165, 1.54) is 12.8 Å². The number of benzene rings is 1. The molecular weight excluding hydrogens is 354 g/mol. The topological polar surface area (TPSA) is 46.8 Å². The molecule has 0 unspecified atom stereocenters. The molecule has 1 aliphatic rings. The number of halogens is 1. The minimum absolute atomic E-state index is 0.708. The van der Waals surface area contributed by atoms with E-state index in [-0.39, 0.29) is 0 Å². The van der Waals surface area contributed by atoms with Crippen molar-refractivity contribution in [3.8, 4) is 5.69 Å². The van der Waals surface area contributed by atoms with Crippen LogP contribution in [0.4, 0.5) is 5.95 Å². The van der Waals surface area contributed by atoms with Gasteiger partial charge in [0.2, 0.25) is 5.95 Å². The van der Waals surface area contributed by atoms with Crippen LogP contribution in [0.25, 0.3) is 5.69 Å². The fourth-order valence-electron chi connectivity index (χ4n) is 2.94. The van der Waals surface area contributed by atoms with Crippen LogP contribution in [0, 0.1) is 0 Å². The molecule has 3 aromatic rings. The highest BCUT2D eigenvalue weighted by Gasteiger charge is 2.22. The molecule has 128 valence electrons. The first-order valence-electron chi connectivity index (χ1n) is 8.30. The minimum atomic E-state index is 0.708. The summed E-state index contributed by atoms with van der Waals surface area (Å²) in [4.78, 5) is 6.68. The quantitative estimate of drug-likeness (QED) is 0.629. The van der Waals surface area contributed by atoms with Crippen LogP contribution in [0.1, 0.15) is 18.5 Å². The molecule has 25 heavy (non-hydrogen) atoms. The number of rotatable bonds is 5. The van der Waals surface area contributed by atoms with Gasteiger partial charge in [0.15, 0.2) is 5.16 Å². The van der Waals surface area contributed by atoms with Crippen LogP contribution in [-0.2, 0) is 5.75 Å². The molecule has 2 aromatic heterocycles. The molecule has 3 heterocycles. The summed E-state index contributed by atoms with van der Waals surface area (Å²) in [5.41, 5.74) is 2.01. The number of aromatic nitrogens is 4. The summed E-state index contributed by atoms with van der Waals surface area (Å²) in [6.07, 6.45) is 4.20. The van der Waals surface area contributed by atoms with Gasteiger partial charge in [0.25, 0.3) is 0 Å². The maximum Gasteiger partial charge on any atom is 0.232 e. The first-order chi connectivity index (χ1) is 12.3. The molecule has 1 aliphatic heterocycles. The molecule has 5 nitrogen and oxygen atoms in total. The summed E-state index contributed by atoms with van der Waals surface area (Å²) in [6, 6.07) is 13.8. The summed E-state index contributed by atoms with van der Waals surface area (Å²) in [6.45, 7) is 2.03. The first-order valence-corrected chi connectivity index (χ1v) is 9.66. The van der Waals surface area contributed by atoms with Crippen LogP contribution < -0.4 is 4.90 Å².